The predicted molar refractivity (Wildman–Crippen MR) is 92.2 cm³/mol. The van der Waals surface area contributed by atoms with Crippen molar-refractivity contribution >= 4 is 6.03 Å². The number of aryl methyl sites for hydroxylation is 2. The molecule has 0 saturated heterocycles. The van der Waals surface area contributed by atoms with Crippen molar-refractivity contribution in [2.24, 2.45) is 0 Å². The Kier molecular flexibility index (Phi) is 6.38. The number of hydrogen-bond donors (Lipinski definition) is 2. The lowest BCUT2D eigenvalue weighted by atomic mass is 10.1. The van der Waals surface area contributed by atoms with E-state index in [2.05, 4.69) is 15.8 Å². The first kappa shape index (κ1) is 18.8. The van der Waals surface area contributed by atoms with Gasteiger partial charge in [0.05, 0.1) is 12.2 Å². The van der Waals surface area contributed by atoms with Gasteiger partial charge < -0.3 is 19.9 Å². The molecular weight excluding hydrogens is 325 g/mol. The minimum atomic E-state index is -0.424. The van der Waals surface area contributed by atoms with Gasteiger partial charge >= 0.3 is 6.03 Å². The Morgan fingerprint density at radius 1 is 1.32 bits per heavy atom. The van der Waals surface area contributed by atoms with Crippen molar-refractivity contribution in [3.63, 3.8) is 0 Å². The third kappa shape index (κ3) is 5.48. The van der Waals surface area contributed by atoms with E-state index < -0.39 is 5.82 Å². The van der Waals surface area contributed by atoms with Gasteiger partial charge in [-0.1, -0.05) is 17.3 Å². The number of nitrogens with one attached hydrogen (secondary N) is 2. The summed E-state index contributed by atoms with van der Waals surface area (Å²) in [6.45, 7) is 7.66. The van der Waals surface area contributed by atoms with Gasteiger partial charge in [0.15, 0.2) is 11.6 Å². The summed E-state index contributed by atoms with van der Waals surface area (Å²) in [6.07, 6.45) is 0.274. The van der Waals surface area contributed by atoms with Crippen LogP contribution in [0.1, 0.15) is 30.9 Å². The van der Waals surface area contributed by atoms with Crippen LogP contribution in [0.3, 0.4) is 0 Å². The van der Waals surface area contributed by atoms with Crippen molar-refractivity contribution in [3.05, 3.63) is 47.1 Å². The van der Waals surface area contributed by atoms with E-state index in [0.29, 0.717) is 6.42 Å². The monoisotopic (exact) mass is 349 g/mol. The van der Waals surface area contributed by atoms with Crippen molar-refractivity contribution in [2.45, 2.75) is 46.3 Å². The summed E-state index contributed by atoms with van der Waals surface area (Å²) in [6, 6.07) is 5.79. The number of carbonyl (C=O) groups is 1. The number of urea groups is 1. The van der Waals surface area contributed by atoms with E-state index in [4.69, 9.17) is 9.26 Å². The molecule has 7 heteroatoms. The second kappa shape index (κ2) is 8.50. The highest BCUT2D eigenvalue weighted by molar-refractivity contribution is 5.74. The van der Waals surface area contributed by atoms with Crippen LogP contribution in [0.2, 0.25) is 0 Å². The zero-order valence-corrected chi connectivity index (χ0v) is 14.9. The highest BCUT2D eigenvalue weighted by Gasteiger charge is 2.15. The van der Waals surface area contributed by atoms with E-state index in [1.165, 1.54) is 6.07 Å². The second-order valence-electron chi connectivity index (χ2n) is 6.12. The van der Waals surface area contributed by atoms with Crippen molar-refractivity contribution in [2.75, 3.05) is 6.54 Å². The Bertz CT molecular complexity index is 698. The molecule has 0 radical (unpaired) electrons. The average molecular weight is 349 g/mol. The number of ether oxygens (including phenoxy) is 1. The Hall–Kier alpha value is -2.57. The summed E-state index contributed by atoms with van der Waals surface area (Å²) in [5.74, 6) is 0.509. The van der Waals surface area contributed by atoms with E-state index in [9.17, 15) is 9.18 Å². The molecule has 0 bridgehead atoms. The number of aromatic nitrogens is 1. The first-order chi connectivity index (χ1) is 11.9. The molecule has 0 spiro atoms. The molecule has 136 valence electrons. The summed E-state index contributed by atoms with van der Waals surface area (Å²) >= 11 is 0. The number of nitrogens with zero attached hydrogens (tertiary/aromatic N) is 1. The quantitative estimate of drug-likeness (QED) is 0.805. The molecule has 6 nitrogen and oxygen atoms in total. The van der Waals surface area contributed by atoms with Crippen LogP contribution in [0.5, 0.6) is 5.75 Å². The lowest BCUT2D eigenvalue weighted by Gasteiger charge is -2.18. The van der Waals surface area contributed by atoms with Gasteiger partial charge in [0.2, 0.25) is 0 Å². The van der Waals surface area contributed by atoms with E-state index in [-0.39, 0.29) is 30.5 Å². The number of amides is 2. The Balaban J connectivity index is 1.75. The molecule has 2 amide bonds. The molecule has 0 aliphatic rings. The van der Waals surface area contributed by atoms with Crippen LogP contribution in [0.4, 0.5) is 9.18 Å². The van der Waals surface area contributed by atoms with Crippen LogP contribution in [0.25, 0.3) is 0 Å². The zero-order chi connectivity index (χ0) is 18.4. The second-order valence-corrected chi connectivity index (χ2v) is 6.12. The first-order valence-corrected chi connectivity index (χ1v) is 8.24. The van der Waals surface area contributed by atoms with Gasteiger partial charge in [-0.3, -0.25) is 0 Å². The Labute approximate surface area is 146 Å². The van der Waals surface area contributed by atoms with Gasteiger partial charge in [0, 0.05) is 11.6 Å². The van der Waals surface area contributed by atoms with Crippen LogP contribution < -0.4 is 15.4 Å². The largest absolute Gasteiger partial charge is 0.486 e. The molecule has 2 N–H and O–H groups in total. The predicted octanol–water partition coefficient (Wildman–Crippen LogP) is 3.13. The molecule has 2 rings (SSSR count). The van der Waals surface area contributed by atoms with Crippen LogP contribution in [-0.2, 0) is 6.42 Å². The summed E-state index contributed by atoms with van der Waals surface area (Å²) in [5.41, 5.74) is 1.84. The molecule has 0 fully saturated rings. The Morgan fingerprint density at radius 3 is 2.68 bits per heavy atom. The van der Waals surface area contributed by atoms with Crippen LogP contribution in [-0.4, -0.2) is 29.9 Å². The molecule has 0 aliphatic carbocycles. The molecule has 1 aromatic heterocycles. The zero-order valence-electron chi connectivity index (χ0n) is 14.9. The summed E-state index contributed by atoms with van der Waals surface area (Å²) in [7, 11) is 0. The molecule has 1 aromatic carbocycles. The van der Waals surface area contributed by atoms with Crippen LogP contribution >= 0.6 is 0 Å². The van der Waals surface area contributed by atoms with Gasteiger partial charge in [-0.05, 0) is 46.2 Å². The highest BCUT2D eigenvalue weighted by atomic mass is 19.1. The van der Waals surface area contributed by atoms with Gasteiger partial charge in [0.25, 0.3) is 0 Å². The van der Waals surface area contributed by atoms with E-state index >= 15 is 0 Å². The molecule has 25 heavy (non-hydrogen) atoms. The topological polar surface area (TPSA) is 76.4 Å². The van der Waals surface area contributed by atoms with Crippen LogP contribution in [0, 0.1) is 19.7 Å². The standard InChI is InChI=1S/C18H24FN3O3/c1-11(9-15-13(3)22-25-14(15)4)21-18(23)20-10-12(2)24-17-8-6-5-7-16(17)19/h5-8,11-12H,9-10H2,1-4H3,(H2,20,21,23). The highest BCUT2D eigenvalue weighted by Crippen LogP contribution is 2.17. The molecule has 0 saturated carbocycles. The van der Waals surface area contributed by atoms with E-state index in [1.54, 1.807) is 25.1 Å². The maximum absolute atomic E-state index is 13.5. The minimum absolute atomic E-state index is 0.0837. The molecule has 1 heterocycles. The van der Waals surface area contributed by atoms with Gasteiger partial charge in [-0.25, -0.2) is 9.18 Å². The smallest absolute Gasteiger partial charge is 0.315 e. The summed E-state index contributed by atoms with van der Waals surface area (Å²) in [4.78, 5) is 12.0. The van der Waals surface area contributed by atoms with Gasteiger partial charge in [-0.2, -0.15) is 0 Å². The maximum atomic E-state index is 13.5. The number of para-hydroxylation sites is 1. The number of carbonyl (C=O) groups excluding carboxylic acids is 1. The molecular formula is C18H24FN3O3. The molecule has 0 aliphatic heterocycles. The SMILES string of the molecule is Cc1noc(C)c1CC(C)NC(=O)NCC(C)Oc1ccccc1F. The lowest BCUT2D eigenvalue weighted by molar-refractivity contribution is 0.200. The fourth-order valence-corrected chi connectivity index (χ4v) is 2.46. The summed E-state index contributed by atoms with van der Waals surface area (Å²) < 4.78 is 24.1. The first-order valence-electron chi connectivity index (χ1n) is 8.24. The van der Waals surface area contributed by atoms with Crippen molar-refractivity contribution in [3.8, 4) is 5.75 Å². The summed E-state index contributed by atoms with van der Waals surface area (Å²) in [5, 5.41) is 9.48. The third-order valence-electron chi connectivity index (χ3n) is 3.78. The number of rotatable bonds is 7. The fourth-order valence-electron chi connectivity index (χ4n) is 2.46. The molecule has 2 unspecified atom stereocenters. The van der Waals surface area contributed by atoms with Crippen LogP contribution in [0.15, 0.2) is 28.8 Å². The average Bonchev–Trinajstić information content (AvgIpc) is 2.87. The van der Waals surface area contributed by atoms with Gasteiger partial charge in [0.1, 0.15) is 11.9 Å². The maximum Gasteiger partial charge on any atom is 0.315 e. The lowest BCUT2D eigenvalue weighted by Crippen LogP contribution is -2.44. The number of benzene rings is 1. The number of halogens is 1. The van der Waals surface area contributed by atoms with Crippen molar-refractivity contribution in [1.82, 2.24) is 15.8 Å². The molecule has 2 atom stereocenters. The van der Waals surface area contributed by atoms with E-state index in [1.807, 2.05) is 20.8 Å². The molecule has 2 aromatic rings. The van der Waals surface area contributed by atoms with E-state index in [0.717, 1.165) is 17.0 Å². The third-order valence-corrected chi connectivity index (χ3v) is 3.78. The Morgan fingerprint density at radius 2 is 2.04 bits per heavy atom. The van der Waals surface area contributed by atoms with Crippen molar-refractivity contribution in [1.29, 1.82) is 0 Å². The minimum Gasteiger partial charge on any atom is -0.486 e. The fraction of sp³-hybridized carbons (Fsp3) is 0.444. The van der Waals surface area contributed by atoms with Gasteiger partial charge in [-0.15, -0.1) is 0 Å². The normalized spacial score (nSPS) is 13.2. The van der Waals surface area contributed by atoms with Crippen molar-refractivity contribution < 1.29 is 18.4 Å². The number of hydrogen-bond acceptors (Lipinski definition) is 4.